The number of benzene rings is 1. The monoisotopic (exact) mass is 313 g/mol. The van der Waals surface area contributed by atoms with Crippen LogP contribution in [-0.2, 0) is 11.3 Å². The van der Waals surface area contributed by atoms with Gasteiger partial charge in [0.2, 0.25) is 0 Å². The fourth-order valence-electron chi connectivity index (χ4n) is 3.18. The van der Waals surface area contributed by atoms with Crippen molar-refractivity contribution < 1.29 is 4.74 Å². The van der Waals surface area contributed by atoms with Crippen molar-refractivity contribution in [2.45, 2.75) is 32.4 Å². The number of fused-ring (bicyclic) bond motifs is 2. The van der Waals surface area contributed by atoms with Gasteiger partial charge in [-0.1, -0.05) is 0 Å². The molecule has 2 N–H and O–H groups in total. The van der Waals surface area contributed by atoms with Crippen molar-refractivity contribution in [3.63, 3.8) is 0 Å². The summed E-state index contributed by atoms with van der Waals surface area (Å²) in [6, 6.07) is 3.88. The molecule has 0 amide bonds. The van der Waals surface area contributed by atoms with Crippen molar-refractivity contribution in [2.24, 2.45) is 0 Å². The number of aromatic amines is 1. The van der Waals surface area contributed by atoms with E-state index in [1.165, 1.54) is 0 Å². The van der Waals surface area contributed by atoms with Crippen LogP contribution in [0.5, 0.6) is 0 Å². The van der Waals surface area contributed by atoms with E-state index in [-0.39, 0.29) is 11.8 Å². The van der Waals surface area contributed by atoms with E-state index in [0.29, 0.717) is 6.54 Å². The number of imidazole rings is 1. The number of ether oxygens (including phenoxy) is 1. The average molecular weight is 313 g/mol. The fourth-order valence-corrected chi connectivity index (χ4v) is 3.18. The smallest absolute Gasteiger partial charge is 0.326 e. The second-order valence-corrected chi connectivity index (χ2v) is 5.80. The van der Waals surface area contributed by atoms with Crippen molar-refractivity contribution in [3.8, 4) is 0 Å². The predicted octanol–water partition coefficient (Wildman–Crippen LogP) is 1.88. The van der Waals surface area contributed by atoms with Gasteiger partial charge in [0.25, 0.3) is 0 Å². The summed E-state index contributed by atoms with van der Waals surface area (Å²) in [5, 5.41) is 4.26. The van der Waals surface area contributed by atoms with Gasteiger partial charge in [0.05, 0.1) is 22.7 Å². The van der Waals surface area contributed by atoms with Crippen molar-refractivity contribution in [1.82, 2.24) is 19.5 Å². The third-order valence-electron chi connectivity index (χ3n) is 4.37. The molecule has 7 nitrogen and oxygen atoms in total. The summed E-state index contributed by atoms with van der Waals surface area (Å²) >= 11 is 0. The Balaban J connectivity index is 1.76. The molecule has 1 aromatic carbocycles. The second-order valence-electron chi connectivity index (χ2n) is 5.80. The van der Waals surface area contributed by atoms with Gasteiger partial charge in [0, 0.05) is 25.1 Å². The maximum atomic E-state index is 12.0. The van der Waals surface area contributed by atoms with Crippen LogP contribution in [0.25, 0.3) is 21.9 Å². The third-order valence-corrected chi connectivity index (χ3v) is 4.37. The Kier molecular flexibility index (Phi) is 3.49. The van der Waals surface area contributed by atoms with Gasteiger partial charge in [-0.3, -0.25) is 4.57 Å². The van der Waals surface area contributed by atoms with E-state index in [4.69, 9.17) is 4.74 Å². The summed E-state index contributed by atoms with van der Waals surface area (Å²) in [7, 11) is 0. The highest BCUT2D eigenvalue weighted by Crippen LogP contribution is 2.24. The number of hydrogen-bond donors (Lipinski definition) is 2. The van der Waals surface area contributed by atoms with Crippen LogP contribution in [0.4, 0.5) is 5.82 Å². The van der Waals surface area contributed by atoms with E-state index in [9.17, 15) is 4.79 Å². The third kappa shape index (κ3) is 2.46. The molecule has 1 fully saturated rings. The van der Waals surface area contributed by atoms with Gasteiger partial charge in [0.15, 0.2) is 0 Å². The van der Waals surface area contributed by atoms with Crippen molar-refractivity contribution in [3.05, 3.63) is 28.9 Å². The summed E-state index contributed by atoms with van der Waals surface area (Å²) in [6.45, 7) is 4.15. The normalized spacial score (nSPS) is 18.0. The van der Waals surface area contributed by atoms with Gasteiger partial charge < -0.3 is 15.0 Å². The van der Waals surface area contributed by atoms with Crippen molar-refractivity contribution in [1.29, 1.82) is 0 Å². The Bertz CT molecular complexity index is 908. The Morgan fingerprint density at radius 3 is 3.13 bits per heavy atom. The van der Waals surface area contributed by atoms with Crippen molar-refractivity contribution >= 4 is 27.8 Å². The van der Waals surface area contributed by atoms with Gasteiger partial charge in [-0.05, 0) is 31.9 Å². The molecule has 1 unspecified atom stereocenters. The Morgan fingerprint density at radius 1 is 1.43 bits per heavy atom. The van der Waals surface area contributed by atoms with E-state index < -0.39 is 0 Å². The maximum Gasteiger partial charge on any atom is 0.326 e. The molecule has 2 aromatic heterocycles. The zero-order chi connectivity index (χ0) is 15.8. The molecule has 0 radical (unpaired) electrons. The molecule has 0 saturated carbocycles. The summed E-state index contributed by atoms with van der Waals surface area (Å²) in [6.07, 6.45) is 3.98. The number of nitrogens with zero attached hydrogens (tertiary/aromatic N) is 3. The molecule has 120 valence electrons. The molecule has 0 aliphatic carbocycles. The highest BCUT2D eigenvalue weighted by molar-refractivity contribution is 5.98. The average Bonchev–Trinajstić information content (AvgIpc) is 3.17. The zero-order valence-electron chi connectivity index (χ0n) is 13.0. The van der Waals surface area contributed by atoms with Gasteiger partial charge in [-0.15, -0.1) is 0 Å². The molecule has 3 heterocycles. The number of H-pyrrole nitrogens is 1. The second kappa shape index (κ2) is 5.66. The van der Waals surface area contributed by atoms with Crippen LogP contribution < -0.4 is 11.0 Å². The molecule has 0 bridgehead atoms. The quantitative estimate of drug-likeness (QED) is 0.768. The Hall–Kier alpha value is -2.41. The fraction of sp³-hybridized carbons (Fsp3) is 0.438. The molecule has 0 spiro atoms. The first-order valence-electron chi connectivity index (χ1n) is 7.99. The van der Waals surface area contributed by atoms with Gasteiger partial charge in [-0.25, -0.2) is 14.8 Å². The molecule has 1 saturated heterocycles. The molecular formula is C16H19N5O2. The van der Waals surface area contributed by atoms with E-state index in [0.717, 1.165) is 53.7 Å². The van der Waals surface area contributed by atoms with Crippen LogP contribution in [0.15, 0.2) is 23.3 Å². The molecule has 1 atom stereocenters. The Morgan fingerprint density at radius 2 is 2.35 bits per heavy atom. The topological polar surface area (TPSA) is 84.8 Å². The number of rotatable bonds is 4. The van der Waals surface area contributed by atoms with Crippen LogP contribution in [0, 0.1) is 0 Å². The summed E-state index contributed by atoms with van der Waals surface area (Å²) in [5.74, 6) is 0.775. The van der Waals surface area contributed by atoms with Crippen LogP contribution >= 0.6 is 0 Å². The van der Waals surface area contributed by atoms with Gasteiger partial charge >= 0.3 is 5.69 Å². The SMILES string of the molecule is CCn1c(=O)[nH]c2cc3c(NCC4CCCO4)ncnc3cc21. The lowest BCUT2D eigenvalue weighted by molar-refractivity contribution is 0.120. The highest BCUT2D eigenvalue weighted by Gasteiger charge is 2.16. The number of anilines is 1. The lowest BCUT2D eigenvalue weighted by Gasteiger charge is -2.12. The number of hydrogen-bond acceptors (Lipinski definition) is 5. The standard InChI is InChI=1S/C16H19N5O2/c1-2-21-14-7-12-11(6-13(14)20-16(21)22)15(19-9-18-12)17-8-10-4-3-5-23-10/h6-7,9-10H,2-5,8H2,1H3,(H,20,22)(H,17,18,19). The number of aryl methyl sites for hydroxylation is 1. The summed E-state index contributed by atoms with van der Waals surface area (Å²) in [4.78, 5) is 23.6. The van der Waals surface area contributed by atoms with Crippen LogP contribution in [0.1, 0.15) is 19.8 Å². The van der Waals surface area contributed by atoms with Crippen LogP contribution in [0.3, 0.4) is 0 Å². The molecule has 4 rings (SSSR count). The number of nitrogens with one attached hydrogen (secondary N) is 2. The molecule has 1 aliphatic heterocycles. The summed E-state index contributed by atoms with van der Waals surface area (Å²) in [5.41, 5.74) is 2.40. The predicted molar refractivity (Wildman–Crippen MR) is 88.8 cm³/mol. The highest BCUT2D eigenvalue weighted by atomic mass is 16.5. The lowest BCUT2D eigenvalue weighted by Crippen LogP contribution is -2.19. The first-order chi connectivity index (χ1) is 11.3. The van der Waals surface area contributed by atoms with Crippen LogP contribution in [-0.4, -0.2) is 38.8 Å². The molecule has 7 heteroatoms. The maximum absolute atomic E-state index is 12.0. The molecule has 1 aliphatic rings. The van der Waals surface area contributed by atoms with E-state index >= 15 is 0 Å². The minimum Gasteiger partial charge on any atom is -0.376 e. The largest absolute Gasteiger partial charge is 0.376 e. The van der Waals surface area contributed by atoms with Crippen molar-refractivity contribution in [2.75, 3.05) is 18.5 Å². The zero-order valence-corrected chi connectivity index (χ0v) is 13.0. The van der Waals surface area contributed by atoms with Gasteiger partial charge in [-0.2, -0.15) is 0 Å². The summed E-state index contributed by atoms with van der Waals surface area (Å²) < 4.78 is 7.34. The minimum atomic E-state index is -0.0976. The molecule has 3 aromatic rings. The first-order valence-corrected chi connectivity index (χ1v) is 7.99. The minimum absolute atomic E-state index is 0.0976. The van der Waals surface area contributed by atoms with E-state index in [2.05, 4.69) is 20.3 Å². The molecule has 23 heavy (non-hydrogen) atoms. The van der Waals surface area contributed by atoms with E-state index in [1.54, 1.807) is 10.9 Å². The first kappa shape index (κ1) is 14.2. The van der Waals surface area contributed by atoms with Gasteiger partial charge in [0.1, 0.15) is 12.1 Å². The van der Waals surface area contributed by atoms with E-state index in [1.807, 2.05) is 19.1 Å². The number of aromatic nitrogens is 4. The molecular weight excluding hydrogens is 294 g/mol. The Labute approximate surface area is 132 Å². The van der Waals surface area contributed by atoms with Crippen LogP contribution in [0.2, 0.25) is 0 Å². The lowest BCUT2D eigenvalue weighted by atomic mass is 10.2.